The molecule has 2 N–H and O–H groups in total. The summed E-state index contributed by atoms with van der Waals surface area (Å²) in [6.45, 7) is 1.07. The number of hydrogen-bond acceptors (Lipinski definition) is 6. The number of ether oxygens (including phenoxy) is 3. The van der Waals surface area contributed by atoms with Crippen LogP contribution in [0.2, 0.25) is 0 Å². The number of nitrogens with one attached hydrogen (secondary N) is 1. The van der Waals surface area contributed by atoms with Crippen molar-refractivity contribution in [3.63, 3.8) is 0 Å². The molecular formula is C17H21NO6. The molecule has 0 unspecified atom stereocenters. The first-order valence-corrected chi connectivity index (χ1v) is 7.81. The van der Waals surface area contributed by atoms with Crippen LogP contribution in [-0.2, 0) is 30.4 Å². The minimum absolute atomic E-state index is 0.0474. The third-order valence-corrected chi connectivity index (χ3v) is 5.03. The normalized spacial score (nSPS) is 34.7. The summed E-state index contributed by atoms with van der Waals surface area (Å²) in [5.41, 5.74) is -2.06. The van der Waals surface area contributed by atoms with Crippen LogP contribution in [0.3, 0.4) is 0 Å². The SMILES string of the molecule is CO[C@@H]1C[C@H]2C(=O)N[C@@](CO)(C(=O)OCc3ccccc3)[C@@]2(C)O1. The fraction of sp³-hybridized carbons (Fsp3) is 0.529. The predicted molar refractivity (Wildman–Crippen MR) is 82.6 cm³/mol. The molecule has 7 heteroatoms. The molecule has 2 heterocycles. The smallest absolute Gasteiger partial charge is 0.337 e. The molecule has 130 valence electrons. The predicted octanol–water partition coefficient (Wildman–Crippen LogP) is 0.358. The molecule has 1 amide bonds. The Morgan fingerprint density at radius 2 is 2.12 bits per heavy atom. The third kappa shape index (κ3) is 2.40. The Morgan fingerprint density at radius 3 is 2.75 bits per heavy atom. The molecule has 0 aliphatic carbocycles. The topological polar surface area (TPSA) is 94.1 Å². The Kier molecular flexibility index (Phi) is 4.33. The lowest BCUT2D eigenvalue weighted by Gasteiger charge is -2.38. The Balaban J connectivity index is 1.83. The van der Waals surface area contributed by atoms with Gasteiger partial charge < -0.3 is 24.6 Å². The lowest BCUT2D eigenvalue weighted by Crippen LogP contribution is -2.65. The van der Waals surface area contributed by atoms with Gasteiger partial charge in [0.05, 0.1) is 12.5 Å². The van der Waals surface area contributed by atoms with E-state index in [1.807, 2.05) is 30.3 Å². The molecule has 1 aromatic carbocycles. The Bertz CT molecular complexity index is 635. The fourth-order valence-electron chi connectivity index (χ4n) is 3.50. The third-order valence-electron chi connectivity index (χ3n) is 5.03. The number of esters is 1. The molecule has 0 spiro atoms. The van der Waals surface area contributed by atoms with Gasteiger partial charge in [0.25, 0.3) is 0 Å². The first-order valence-electron chi connectivity index (χ1n) is 7.81. The summed E-state index contributed by atoms with van der Waals surface area (Å²) in [4.78, 5) is 25.1. The Hall–Kier alpha value is -1.96. The van der Waals surface area contributed by atoms with E-state index in [0.29, 0.717) is 6.42 Å². The molecular weight excluding hydrogens is 314 g/mol. The average Bonchev–Trinajstić information content (AvgIpc) is 3.05. The second kappa shape index (κ2) is 6.16. The highest BCUT2D eigenvalue weighted by Gasteiger charge is 2.71. The average molecular weight is 335 g/mol. The van der Waals surface area contributed by atoms with E-state index in [9.17, 15) is 14.7 Å². The summed E-state index contributed by atoms with van der Waals surface area (Å²) < 4.78 is 16.3. The van der Waals surface area contributed by atoms with Crippen LogP contribution in [0.15, 0.2) is 30.3 Å². The van der Waals surface area contributed by atoms with Crippen LogP contribution in [0.4, 0.5) is 0 Å². The minimum atomic E-state index is -1.64. The number of rotatable bonds is 5. The van der Waals surface area contributed by atoms with Crippen LogP contribution in [-0.4, -0.2) is 48.1 Å². The van der Waals surface area contributed by atoms with Crippen molar-refractivity contribution in [1.82, 2.24) is 5.32 Å². The zero-order valence-electron chi connectivity index (χ0n) is 13.7. The molecule has 2 aliphatic rings. The molecule has 24 heavy (non-hydrogen) atoms. The van der Waals surface area contributed by atoms with E-state index in [1.54, 1.807) is 6.92 Å². The second-order valence-corrected chi connectivity index (χ2v) is 6.29. The molecule has 0 radical (unpaired) electrons. The van der Waals surface area contributed by atoms with Gasteiger partial charge in [-0.25, -0.2) is 4.79 Å². The van der Waals surface area contributed by atoms with Gasteiger partial charge in [-0.3, -0.25) is 4.79 Å². The van der Waals surface area contributed by atoms with E-state index >= 15 is 0 Å². The van der Waals surface area contributed by atoms with Crippen LogP contribution in [0.1, 0.15) is 18.9 Å². The number of fused-ring (bicyclic) bond motifs is 1. The largest absolute Gasteiger partial charge is 0.459 e. The van der Waals surface area contributed by atoms with E-state index in [4.69, 9.17) is 14.2 Å². The lowest BCUT2D eigenvalue weighted by molar-refractivity contribution is -0.195. The van der Waals surface area contributed by atoms with Crippen LogP contribution in [0, 0.1) is 5.92 Å². The van der Waals surface area contributed by atoms with Gasteiger partial charge >= 0.3 is 5.97 Å². The van der Waals surface area contributed by atoms with E-state index in [0.717, 1.165) is 5.56 Å². The van der Waals surface area contributed by atoms with Crippen LogP contribution < -0.4 is 5.32 Å². The van der Waals surface area contributed by atoms with Gasteiger partial charge in [0.2, 0.25) is 5.91 Å². The molecule has 2 fully saturated rings. The van der Waals surface area contributed by atoms with Crippen molar-refractivity contribution in [3.8, 4) is 0 Å². The number of aliphatic hydroxyl groups excluding tert-OH is 1. The Morgan fingerprint density at radius 1 is 1.42 bits per heavy atom. The zero-order chi connectivity index (χ0) is 17.4. The molecule has 7 nitrogen and oxygen atoms in total. The highest BCUT2D eigenvalue weighted by atomic mass is 16.7. The summed E-state index contributed by atoms with van der Waals surface area (Å²) in [6, 6.07) is 9.18. The molecule has 2 saturated heterocycles. The van der Waals surface area contributed by atoms with Gasteiger partial charge in [0.1, 0.15) is 12.2 Å². The van der Waals surface area contributed by atoms with Crippen LogP contribution >= 0.6 is 0 Å². The standard InChI is InChI=1S/C17H21NO6/c1-16-12(8-13(22-2)24-16)14(20)18-17(16,10-19)15(21)23-9-11-6-4-3-5-7-11/h3-7,12-13,19H,8-10H2,1-2H3,(H,18,20)/t12-,13-,16-,17-/m0/s1. The minimum Gasteiger partial charge on any atom is -0.459 e. The molecule has 1 aromatic rings. The van der Waals surface area contributed by atoms with Crippen LogP contribution in [0.5, 0.6) is 0 Å². The van der Waals surface area contributed by atoms with Crippen molar-refractivity contribution >= 4 is 11.9 Å². The first-order chi connectivity index (χ1) is 11.5. The van der Waals surface area contributed by atoms with Crippen LogP contribution in [0.25, 0.3) is 0 Å². The highest BCUT2D eigenvalue weighted by Crippen LogP contribution is 2.48. The van der Waals surface area contributed by atoms with Crippen molar-refractivity contribution < 1.29 is 28.9 Å². The number of benzene rings is 1. The Labute approximate surface area is 139 Å². The van der Waals surface area contributed by atoms with Crippen molar-refractivity contribution in [2.45, 2.75) is 37.4 Å². The summed E-state index contributed by atoms with van der Waals surface area (Å²) >= 11 is 0. The van der Waals surface area contributed by atoms with Crippen molar-refractivity contribution in [3.05, 3.63) is 35.9 Å². The number of hydrogen-bond donors (Lipinski definition) is 2. The molecule has 3 rings (SSSR count). The summed E-state index contributed by atoms with van der Waals surface area (Å²) in [7, 11) is 1.47. The van der Waals surface area contributed by atoms with Gasteiger partial charge in [0.15, 0.2) is 11.8 Å². The number of carbonyl (C=O) groups is 2. The van der Waals surface area contributed by atoms with Crippen molar-refractivity contribution in [2.24, 2.45) is 5.92 Å². The fourth-order valence-corrected chi connectivity index (χ4v) is 3.50. The second-order valence-electron chi connectivity index (χ2n) is 6.29. The van der Waals surface area contributed by atoms with E-state index < -0.39 is 35.9 Å². The van der Waals surface area contributed by atoms with E-state index in [2.05, 4.69) is 5.32 Å². The van der Waals surface area contributed by atoms with Gasteiger partial charge in [0, 0.05) is 13.5 Å². The molecule has 0 aromatic heterocycles. The number of amides is 1. The quantitative estimate of drug-likeness (QED) is 0.755. The summed E-state index contributed by atoms with van der Waals surface area (Å²) in [6.07, 6.45) is -0.272. The van der Waals surface area contributed by atoms with E-state index in [1.165, 1.54) is 7.11 Å². The molecule has 0 saturated carbocycles. The first kappa shape index (κ1) is 16.9. The van der Waals surface area contributed by atoms with Crippen molar-refractivity contribution in [2.75, 3.05) is 13.7 Å². The maximum Gasteiger partial charge on any atom is 0.337 e. The zero-order valence-corrected chi connectivity index (χ0v) is 13.7. The van der Waals surface area contributed by atoms with E-state index in [-0.39, 0.29) is 12.5 Å². The van der Waals surface area contributed by atoms with Gasteiger partial charge in [-0.2, -0.15) is 0 Å². The molecule has 4 atom stereocenters. The van der Waals surface area contributed by atoms with Gasteiger partial charge in [-0.1, -0.05) is 30.3 Å². The maximum absolute atomic E-state index is 12.7. The molecule has 2 aliphatic heterocycles. The van der Waals surface area contributed by atoms with Gasteiger partial charge in [-0.15, -0.1) is 0 Å². The molecule has 0 bridgehead atoms. The monoisotopic (exact) mass is 335 g/mol. The lowest BCUT2D eigenvalue weighted by atomic mass is 9.77. The maximum atomic E-state index is 12.7. The number of methoxy groups -OCH3 is 1. The summed E-state index contributed by atoms with van der Waals surface area (Å²) in [5, 5.41) is 12.5. The summed E-state index contributed by atoms with van der Waals surface area (Å²) in [5.74, 6) is -1.65. The number of carbonyl (C=O) groups excluding carboxylic acids is 2. The number of aliphatic hydroxyl groups is 1. The highest BCUT2D eigenvalue weighted by molar-refractivity contribution is 5.96. The van der Waals surface area contributed by atoms with Gasteiger partial charge in [-0.05, 0) is 12.5 Å². The van der Waals surface area contributed by atoms with Crippen molar-refractivity contribution in [1.29, 1.82) is 0 Å².